The van der Waals surface area contributed by atoms with Crippen LogP contribution < -0.4 is 10.6 Å². The van der Waals surface area contributed by atoms with Gasteiger partial charge in [0, 0.05) is 20.1 Å². The van der Waals surface area contributed by atoms with Gasteiger partial charge in [-0.1, -0.05) is 48.5 Å². The lowest BCUT2D eigenvalue weighted by atomic mass is 10.1. The molecule has 3 rings (SSSR count). The van der Waals surface area contributed by atoms with Crippen LogP contribution in [0.25, 0.3) is 0 Å². The summed E-state index contributed by atoms with van der Waals surface area (Å²) in [7, 11) is 1.66. The lowest BCUT2D eigenvalue weighted by molar-refractivity contribution is 0.142. The summed E-state index contributed by atoms with van der Waals surface area (Å²) in [6.07, 6.45) is -0.0154. The van der Waals surface area contributed by atoms with Crippen molar-refractivity contribution in [1.82, 2.24) is 10.6 Å². The fourth-order valence-corrected chi connectivity index (χ4v) is 3.12. The van der Waals surface area contributed by atoms with Crippen molar-refractivity contribution < 1.29 is 14.6 Å². The van der Waals surface area contributed by atoms with Gasteiger partial charge in [-0.3, -0.25) is 0 Å². The number of benzene rings is 2. The lowest BCUT2D eigenvalue weighted by Crippen LogP contribution is -2.40. The summed E-state index contributed by atoms with van der Waals surface area (Å²) in [4.78, 5) is 12.2. The molecule has 0 saturated carbocycles. The van der Waals surface area contributed by atoms with Gasteiger partial charge in [0.1, 0.15) is 0 Å². The first-order valence-corrected chi connectivity index (χ1v) is 8.04. The summed E-state index contributed by atoms with van der Waals surface area (Å²) in [6, 6.07) is 15.0. The largest absolute Gasteiger partial charge is 0.390 e. The van der Waals surface area contributed by atoms with Crippen LogP contribution in [0, 0.1) is 0 Å². The van der Waals surface area contributed by atoms with Crippen molar-refractivity contribution >= 4 is 6.03 Å². The second-order valence-electron chi connectivity index (χ2n) is 6.03. The third kappa shape index (κ3) is 3.75. The Morgan fingerprint density at radius 2 is 2.00 bits per heavy atom. The number of hydrogen-bond acceptors (Lipinski definition) is 3. The molecule has 1 aliphatic carbocycles. The Kier molecular flexibility index (Phi) is 5.13. The number of amides is 2. The van der Waals surface area contributed by atoms with Crippen LogP contribution in [0.2, 0.25) is 0 Å². The quantitative estimate of drug-likeness (QED) is 0.789. The highest BCUT2D eigenvalue weighted by atomic mass is 16.5. The van der Waals surface area contributed by atoms with Gasteiger partial charge in [-0.2, -0.15) is 0 Å². The predicted octanol–water partition coefficient (Wildman–Crippen LogP) is 2.29. The number of methoxy groups -OCH3 is 1. The van der Waals surface area contributed by atoms with Gasteiger partial charge < -0.3 is 20.5 Å². The molecule has 0 aromatic heterocycles. The van der Waals surface area contributed by atoms with Crippen molar-refractivity contribution in [3.05, 3.63) is 70.8 Å². The smallest absolute Gasteiger partial charge is 0.315 e. The molecule has 0 unspecified atom stereocenters. The van der Waals surface area contributed by atoms with Crippen molar-refractivity contribution in [2.24, 2.45) is 0 Å². The van der Waals surface area contributed by atoms with Gasteiger partial charge in [0.05, 0.1) is 18.8 Å². The van der Waals surface area contributed by atoms with E-state index in [1.165, 1.54) is 0 Å². The Hall–Kier alpha value is -2.37. The Morgan fingerprint density at radius 1 is 1.21 bits per heavy atom. The van der Waals surface area contributed by atoms with E-state index in [0.29, 0.717) is 19.6 Å². The van der Waals surface area contributed by atoms with Crippen LogP contribution in [0.3, 0.4) is 0 Å². The minimum atomic E-state index is -0.585. The van der Waals surface area contributed by atoms with Crippen LogP contribution in [0.5, 0.6) is 0 Å². The van der Waals surface area contributed by atoms with E-state index < -0.39 is 6.10 Å². The van der Waals surface area contributed by atoms with E-state index in [1.54, 1.807) is 7.11 Å². The third-order valence-corrected chi connectivity index (χ3v) is 4.25. The van der Waals surface area contributed by atoms with Gasteiger partial charge in [0.25, 0.3) is 0 Å². The lowest BCUT2D eigenvalue weighted by Gasteiger charge is -2.18. The SMILES string of the molecule is COCc1cccc(CNC(=O)N[C@@H]2c3ccccc3C[C@@H]2O)c1. The molecule has 0 saturated heterocycles. The maximum Gasteiger partial charge on any atom is 0.315 e. The maximum atomic E-state index is 12.2. The van der Waals surface area contributed by atoms with Crippen LogP contribution in [0.4, 0.5) is 4.79 Å². The van der Waals surface area contributed by atoms with Gasteiger partial charge in [-0.05, 0) is 22.3 Å². The topological polar surface area (TPSA) is 70.6 Å². The molecule has 24 heavy (non-hydrogen) atoms. The summed E-state index contributed by atoms with van der Waals surface area (Å²) < 4.78 is 5.11. The highest BCUT2D eigenvalue weighted by molar-refractivity contribution is 5.74. The average Bonchev–Trinajstić information content (AvgIpc) is 2.89. The van der Waals surface area contributed by atoms with Gasteiger partial charge in [0.15, 0.2) is 0 Å². The fourth-order valence-electron chi connectivity index (χ4n) is 3.12. The highest BCUT2D eigenvalue weighted by Gasteiger charge is 2.31. The Bertz CT molecular complexity index is 717. The summed E-state index contributed by atoms with van der Waals surface area (Å²) in [5, 5.41) is 15.9. The van der Waals surface area contributed by atoms with E-state index in [4.69, 9.17) is 4.74 Å². The van der Waals surface area contributed by atoms with Crippen LogP contribution in [-0.4, -0.2) is 24.4 Å². The second kappa shape index (κ2) is 7.47. The Balaban J connectivity index is 1.57. The molecular weight excluding hydrogens is 304 g/mol. The molecule has 1 aliphatic rings. The molecule has 2 aromatic carbocycles. The number of ether oxygens (including phenoxy) is 1. The van der Waals surface area contributed by atoms with Gasteiger partial charge >= 0.3 is 6.03 Å². The molecule has 0 spiro atoms. The zero-order valence-electron chi connectivity index (χ0n) is 13.7. The molecular formula is C19H22N2O3. The van der Waals surface area contributed by atoms with Crippen LogP contribution >= 0.6 is 0 Å². The number of aliphatic hydroxyl groups is 1. The molecule has 0 aliphatic heterocycles. The maximum absolute atomic E-state index is 12.2. The highest BCUT2D eigenvalue weighted by Crippen LogP contribution is 2.31. The van der Waals surface area contributed by atoms with E-state index >= 15 is 0 Å². The summed E-state index contributed by atoms with van der Waals surface area (Å²) >= 11 is 0. The fraction of sp³-hybridized carbons (Fsp3) is 0.316. The number of fused-ring (bicyclic) bond motifs is 1. The molecule has 5 nitrogen and oxygen atoms in total. The number of carbonyl (C=O) groups is 1. The summed E-state index contributed by atoms with van der Waals surface area (Å²) in [6.45, 7) is 0.971. The standard InChI is InChI=1S/C19H22N2O3/c1-24-12-14-6-4-5-13(9-14)11-20-19(23)21-18-16-8-3-2-7-15(16)10-17(18)22/h2-9,17-18,22H,10-12H2,1H3,(H2,20,21,23)/t17-,18+/m0/s1. The third-order valence-electron chi connectivity index (χ3n) is 4.25. The molecule has 0 fully saturated rings. The minimum Gasteiger partial charge on any atom is -0.390 e. The number of hydrogen-bond donors (Lipinski definition) is 3. The number of carbonyl (C=O) groups excluding carboxylic acids is 1. The zero-order valence-corrected chi connectivity index (χ0v) is 13.7. The van der Waals surface area contributed by atoms with Gasteiger partial charge in [-0.15, -0.1) is 0 Å². The first-order valence-electron chi connectivity index (χ1n) is 8.04. The van der Waals surface area contributed by atoms with Gasteiger partial charge in [0.2, 0.25) is 0 Å². The van der Waals surface area contributed by atoms with E-state index in [1.807, 2.05) is 48.5 Å². The second-order valence-corrected chi connectivity index (χ2v) is 6.03. The number of aliphatic hydroxyl groups excluding tert-OH is 1. The van der Waals surface area contributed by atoms with Crippen molar-refractivity contribution in [1.29, 1.82) is 0 Å². The summed E-state index contributed by atoms with van der Waals surface area (Å²) in [5.41, 5.74) is 4.15. The number of urea groups is 1. The van der Waals surface area contributed by atoms with E-state index in [2.05, 4.69) is 10.6 Å². The first kappa shape index (κ1) is 16.5. The van der Waals surface area contributed by atoms with Crippen molar-refractivity contribution in [3.63, 3.8) is 0 Å². The molecule has 2 atom stereocenters. The normalized spacial score (nSPS) is 18.9. The molecule has 2 aromatic rings. The molecule has 0 bridgehead atoms. The summed E-state index contributed by atoms with van der Waals surface area (Å²) in [5.74, 6) is 0. The van der Waals surface area contributed by atoms with Crippen LogP contribution in [-0.2, 0) is 24.3 Å². The Labute approximate surface area is 141 Å². The van der Waals surface area contributed by atoms with Gasteiger partial charge in [-0.25, -0.2) is 4.79 Å². The van der Waals surface area contributed by atoms with Crippen molar-refractivity contribution in [2.75, 3.05) is 7.11 Å². The van der Waals surface area contributed by atoms with E-state index in [0.717, 1.165) is 22.3 Å². The first-order chi connectivity index (χ1) is 11.7. The number of nitrogens with one attached hydrogen (secondary N) is 2. The molecule has 0 radical (unpaired) electrons. The van der Waals surface area contributed by atoms with Crippen molar-refractivity contribution in [3.8, 4) is 0 Å². The molecule has 5 heteroatoms. The molecule has 2 amide bonds. The van der Waals surface area contributed by atoms with E-state index in [-0.39, 0.29) is 12.1 Å². The Morgan fingerprint density at radius 3 is 2.83 bits per heavy atom. The predicted molar refractivity (Wildman–Crippen MR) is 91.4 cm³/mol. The molecule has 3 N–H and O–H groups in total. The molecule has 126 valence electrons. The van der Waals surface area contributed by atoms with Crippen molar-refractivity contribution in [2.45, 2.75) is 31.7 Å². The average molecular weight is 326 g/mol. The zero-order chi connectivity index (χ0) is 16.9. The van der Waals surface area contributed by atoms with Crippen LogP contribution in [0.15, 0.2) is 48.5 Å². The number of rotatable bonds is 5. The van der Waals surface area contributed by atoms with Crippen LogP contribution in [0.1, 0.15) is 28.3 Å². The van der Waals surface area contributed by atoms with E-state index in [9.17, 15) is 9.90 Å². The molecule has 0 heterocycles. The monoisotopic (exact) mass is 326 g/mol. The minimum absolute atomic E-state index is 0.284.